The third-order valence-corrected chi connectivity index (χ3v) is 10.1. The normalized spacial score (nSPS) is 41.5. The summed E-state index contributed by atoms with van der Waals surface area (Å²) >= 11 is 0. The molecule has 0 aromatic rings. The molecule has 262 valence electrons. The number of carbonyl (C=O) groups is 5. The first kappa shape index (κ1) is 36.5. The molecule has 1 spiro atoms. The largest absolute Gasteiger partial charge is 0.459 e. The lowest BCUT2D eigenvalue weighted by Crippen LogP contribution is -2.69. The molecule has 2 fully saturated rings. The van der Waals surface area contributed by atoms with E-state index in [0.717, 1.165) is 46.5 Å². The Morgan fingerprint density at radius 1 is 0.894 bits per heavy atom. The van der Waals surface area contributed by atoms with Gasteiger partial charge in [-0.1, -0.05) is 45.6 Å². The average molecular weight is 665 g/mol. The number of rotatable bonds is 10. The summed E-state index contributed by atoms with van der Waals surface area (Å²) in [5, 5.41) is 24.4. The summed E-state index contributed by atoms with van der Waals surface area (Å²) < 4.78 is 35.0. The Kier molecular flexibility index (Phi) is 10.4. The molecule has 47 heavy (non-hydrogen) atoms. The molecule has 11 atom stereocenters. The molecule has 0 amide bonds. The Bertz CT molecular complexity index is 1330. The molecule has 4 aliphatic rings. The predicted octanol–water partition coefficient (Wildman–Crippen LogP) is 2.77. The number of aliphatic hydroxyl groups excluding tert-OH is 1. The lowest BCUT2D eigenvalue weighted by Gasteiger charge is -2.55. The first-order valence-corrected chi connectivity index (χ1v) is 16.3. The van der Waals surface area contributed by atoms with E-state index in [1.54, 1.807) is 13.8 Å². The number of epoxide rings is 1. The van der Waals surface area contributed by atoms with Crippen LogP contribution in [0.4, 0.5) is 0 Å². The lowest BCUT2D eigenvalue weighted by atomic mass is 9.55. The molecule has 4 rings (SSSR count). The second-order valence-electron chi connectivity index (χ2n) is 13.7. The Morgan fingerprint density at radius 3 is 2.06 bits per heavy atom. The van der Waals surface area contributed by atoms with Gasteiger partial charge in [0.1, 0.15) is 30.0 Å². The van der Waals surface area contributed by atoms with Crippen LogP contribution in [0.5, 0.6) is 0 Å². The Hall–Kier alpha value is -3.29. The van der Waals surface area contributed by atoms with Crippen molar-refractivity contribution in [2.75, 3.05) is 0 Å². The maximum Gasteiger partial charge on any atom is 0.342 e. The quantitative estimate of drug-likeness (QED) is 0.114. The van der Waals surface area contributed by atoms with Gasteiger partial charge in [-0.05, 0) is 44.9 Å². The second-order valence-corrected chi connectivity index (χ2v) is 13.7. The van der Waals surface area contributed by atoms with Crippen molar-refractivity contribution in [3.05, 3.63) is 23.8 Å². The second kappa shape index (κ2) is 13.3. The predicted molar refractivity (Wildman–Crippen MR) is 163 cm³/mol. The Balaban J connectivity index is 1.93. The molecular formula is C34H48O13. The number of carbonyl (C=O) groups excluding carboxylic acids is 5. The summed E-state index contributed by atoms with van der Waals surface area (Å²) in [6.07, 6.45) is 0.195. The summed E-state index contributed by atoms with van der Waals surface area (Å²) in [6, 6.07) is 0. The van der Waals surface area contributed by atoms with Gasteiger partial charge in [-0.15, -0.1) is 0 Å². The zero-order chi connectivity index (χ0) is 35.1. The van der Waals surface area contributed by atoms with E-state index in [4.69, 9.17) is 28.4 Å². The summed E-state index contributed by atoms with van der Waals surface area (Å²) in [5.74, 6) is -5.03. The van der Waals surface area contributed by atoms with Gasteiger partial charge < -0.3 is 38.6 Å². The van der Waals surface area contributed by atoms with Gasteiger partial charge in [-0.25, -0.2) is 4.79 Å². The fourth-order valence-electron chi connectivity index (χ4n) is 7.77. The van der Waals surface area contributed by atoms with Crippen LogP contribution in [0.25, 0.3) is 0 Å². The maximum atomic E-state index is 13.3. The molecule has 0 radical (unpaired) electrons. The van der Waals surface area contributed by atoms with Crippen molar-refractivity contribution in [3.8, 4) is 0 Å². The number of unbranched alkanes of at least 4 members (excludes halogenated alkanes) is 4. The molecule has 2 heterocycles. The summed E-state index contributed by atoms with van der Waals surface area (Å²) in [6.45, 7) is 11.5. The molecule has 2 aliphatic carbocycles. The molecule has 0 aromatic heterocycles. The summed E-state index contributed by atoms with van der Waals surface area (Å²) in [5.41, 5.74) is -6.81. The summed E-state index contributed by atoms with van der Waals surface area (Å²) in [4.78, 5) is 64.0. The van der Waals surface area contributed by atoms with Crippen molar-refractivity contribution in [2.45, 2.75) is 147 Å². The van der Waals surface area contributed by atoms with Gasteiger partial charge >= 0.3 is 29.8 Å². The number of hydrogen-bond donors (Lipinski definition) is 2. The van der Waals surface area contributed by atoms with E-state index in [0.29, 0.717) is 6.42 Å². The van der Waals surface area contributed by atoms with E-state index in [9.17, 15) is 34.2 Å². The highest BCUT2D eigenvalue weighted by Gasteiger charge is 2.88. The smallest absolute Gasteiger partial charge is 0.342 e. The molecule has 0 aromatic carbocycles. The molecule has 13 heteroatoms. The van der Waals surface area contributed by atoms with Crippen molar-refractivity contribution in [1.82, 2.24) is 0 Å². The van der Waals surface area contributed by atoms with Crippen LogP contribution in [0, 0.1) is 11.3 Å². The number of fused-ring (bicyclic) bond motifs is 1. The van der Waals surface area contributed by atoms with Gasteiger partial charge in [0.2, 0.25) is 0 Å². The monoisotopic (exact) mass is 664 g/mol. The third-order valence-electron chi connectivity index (χ3n) is 10.1. The highest BCUT2D eigenvalue weighted by molar-refractivity contribution is 5.89. The van der Waals surface area contributed by atoms with Crippen molar-refractivity contribution in [1.29, 1.82) is 0 Å². The Labute approximate surface area is 274 Å². The van der Waals surface area contributed by atoms with E-state index in [1.807, 2.05) is 0 Å². The van der Waals surface area contributed by atoms with Crippen LogP contribution >= 0.6 is 0 Å². The standard InChI is InChI=1S/C34H48O13/c1-9-10-11-12-13-14-24(38)46-26-18(2)17-23-34(33(8,47-34)30(40)45-23)29(44-21(5)37)27-31(6,28(25(26)39)43-20(4)36)16-15-22(32(27,7)41)42-19(3)35/h15-17,22-23,25-29,39,41H,9-14H2,1-8H3/b18-17+/t22-,23+,25+,26+,27-,28+,29-,31+,32-,33+,34+/m1/s1. The third kappa shape index (κ3) is 6.46. The highest BCUT2D eigenvalue weighted by atomic mass is 16.7. The zero-order valence-corrected chi connectivity index (χ0v) is 28.4. The highest BCUT2D eigenvalue weighted by Crippen LogP contribution is 2.65. The van der Waals surface area contributed by atoms with Gasteiger partial charge in [0, 0.05) is 38.5 Å². The zero-order valence-electron chi connectivity index (χ0n) is 28.4. The Morgan fingerprint density at radius 2 is 1.49 bits per heavy atom. The fraction of sp³-hybridized carbons (Fsp3) is 0.735. The average Bonchev–Trinajstić information content (AvgIpc) is 3.55. The van der Waals surface area contributed by atoms with Crippen LogP contribution in [0.2, 0.25) is 0 Å². The van der Waals surface area contributed by atoms with Gasteiger partial charge in [0.15, 0.2) is 23.4 Å². The van der Waals surface area contributed by atoms with Crippen LogP contribution in [-0.2, 0) is 52.4 Å². The van der Waals surface area contributed by atoms with E-state index >= 15 is 0 Å². The van der Waals surface area contributed by atoms with E-state index in [1.165, 1.54) is 32.1 Å². The first-order chi connectivity index (χ1) is 21.9. The number of ether oxygens (including phenoxy) is 6. The van der Waals surface area contributed by atoms with Gasteiger partial charge in [0.05, 0.1) is 0 Å². The van der Waals surface area contributed by atoms with Crippen LogP contribution in [0.15, 0.2) is 23.8 Å². The van der Waals surface area contributed by atoms with Crippen LogP contribution < -0.4 is 0 Å². The van der Waals surface area contributed by atoms with Crippen molar-refractivity contribution in [3.63, 3.8) is 0 Å². The minimum atomic E-state index is -2.09. The minimum Gasteiger partial charge on any atom is -0.459 e. The first-order valence-electron chi connectivity index (χ1n) is 16.3. The lowest BCUT2D eigenvalue weighted by molar-refractivity contribution is -0.230. The van der Waals surface area contributed by atoms with E-state index in [2.05, 4.69) is 6.92 Å². The van der Waals surface area contributed by atoms with Gasteiger partial charge in [0.25, 0.3) is 0 Å². The SMILES string of the molecule is CCCCCCCC(=O)O[C@H]1/C(C)=C/[C@@H]2OC(=O)[C@]3(C)O[C@]23[C@H](OC(C)=O)[C@H]2[C@](C)(O)[C@H](OC(C)=O)C=C[C@]2(C)[C@@H](OC(C)=O)[C@H]1O. The van der Waals surface area contributed by atoms with E-state index < -0.39 is 94.6 Å². The molecular weight excluding hydrogens is 616 g/mol. The van der Waals surface area contributed by atoms with E-state index in [-0.39, 0.29) is 12.0 Å². The molecule has 13 nitrogen and oxygen atoms in total. The van der Waals surface area contributed by atoms with Gasteiger partial charge in [-0.2, -0.15) is 0 Å². The van der Waals surface area contributed by atoms with Crippen LogP contribution in [0.1, 0.15) is 93.9 Å². The molecule has 0 bridgehead atoms. The number of hydrogen-bond acceptors (Lipinski definition) is 13. The summed E-state index contributed by atoms with van der Waals surface area (Å²) in [7, 11) is 0. The fourth-order valence-corrected chi connectivity index (χ4v) is 7.77. The topological polar surface area (TPSA) is 184 Å². The van der Waals surface area contributed by atoms with Gasteiger partial charge in [-0.3, -0.25) is 19.2 Å². The molecule has 2 saturated heterocycles. The minimum absolute atomic E-state index is 0.0785. The van der Waals surface area contributed by atoms with Crippen LogP contribution in [-0.4, -0.2) is 93.5 Å². The molecule has 0 saturated carbocycles. The van der Waals surface area contributed by atoms with Crippen molar-refractivity contribution in [2.24, 2.45) is 11.3 Å². The number of esters is 5. The van der Waals surface area contributed by atoms with Crippen molar-refractivity contribution >= 4 is 29.8 Å². The molecule has 2 N–H and O–H groups in total. The van der Waals surface area contributed by atoms with Crippen molar-refractivity contribution < 1.29 is 62.6 Å². The molecule has 0 unspecified atom stereocenters. The van der Waals surface area contributed by atoms with Crippen LogP contribution in [0.3, 0.4) is 0 Å². The number of aliphatic hydroxyl groups is 2. The molecule has 2 aliphatic heterocycles. The maximum absolute atomic E-state index is 13.3.